The van der Waals surface area contributed by atoms with Crippen molar-refractivity contribution in [2.24, 2.45) is 7.05 Å². The summed E-state index contributed by atoms with van der Waals surface area (Å²) < 4.78 is 1.66. The highest BCUT2D eigenvalue weighted by Gasteiger charge is 2.21. The van der Waals surface area contributed by atoms with Crippen LogP contribution in [0.4, 0.5) is 5.82 Å². The number of rotatable bonds is 3. The molecule has 0 aliphatic carbocycles. The van der Waals surface area contributed by atoms with Gasteiger partial charge in [-0.25, -0.2) is 9.67 Å². The van der Waals surface area contributed by atoms with Gasteiger partial charge in [0.05, 0.1) is 5.39 Å². The van der Waals surface area contributed by atoms with Crippen LogP contribution in [0.3, 0.4) is 0 Å². The molecule has 3 aromatic heterocycles. The van der Waals surface area contributed by atoms with Gasteiger partial charge in [0.1, 0.15) is 6.54 Å². The van der Waals surface area contributed by atoms with Crippen LogP contribution in [0, 0.1) is 13.8 Å². The Morgan fingerprint density at radius 3 is 2.60 bits per heavy atom. The molecule has 132 valence electrons. The van der Waals surface area contributed by atoms with Gasteiger partial charge in [0.2, 0.25) is 5.91 Å². The van der Waals surface area contributed by atoms with Crippen LogP contribution in [0.5, 0.6) is 0 Å². The van der Waals surface area contributed by atoms with Crippen molar-refractivity contribution in [1.82, 2.24) is 35.0 Å². The Morgan fingerprint density at radius 1 is 1.24 bits per heavy atom. The van der Waals surface area contributed by atoms with Crippen LogP contribution in [0.25, 0.3) is 11.0 Å². The summed E-state index contributed by atoms with van der Waals surface area (Å²) >= 11 is 0. The lowest BCUT2D eigenvalue weighted by molar-refractivity contribution is -0.117. The molecule has 0 unspecified atom stereocenters. The lowest BCUT2D eigenvalue weighted by Gasteiger charge is -2.11. The Bertz CT molecular complexity index is 947. The van der Waals surface area contributed by atoms with Gasteiger partial charge in [-0.15, -0.1) is 10.2 Å². The van der Waals surface area contributed by atoms with Gasteiger partial charge < -0.3 is 5.32 Å². The Morgan fingerprint density at radius 2 is 1.96 bits per heavy atom. The molecule has 0 aliphatic heterocycles. The number of nitrogens with one attached hydrogen (secondary N) is 1. The minimum Gasteiger partial charge on any atom is -0.307 e. The summed E-state index contributed by atoms with van der Waals surface area (Å²) in [5, 5.41) is 20.2. The van der Waals surface area contributed by atoms with Crippen LogP contribution in [0.15, 0.2) is 6.07 Å². The first-order chi connectivity index (χ1) is 11.6. The van der Waals surface area contributed by atoms with E-state index in [9.17, 15) is 4.79 Å². The minimum atomic E-state index is -0.266. The second-order valence-electron chi connectivity index (χ2n) is 7.19. The average molecular weight is 342 g/mol. The van der Waals surface area contributed by atoms with Gasteiger partial charge >= 0.3 is 0 Å². The summed E-state index contributed by atoms with van der Waals surface area (Å²) in [5.41, 5.74) is 2.45. The first kappa shape index (κ1) is 17.0. The van der Waals surface area contributed by atoms with Crippen molar-refractivity contribution < 1.29 is 4.79 Å². The topological polar surface area (TPSA) is 103 Å². The summed E-state index contributed by atoms with van der Waals surface area (Å²) in [5.74, 6) is 0.820. The van der Waals surface area contributed by atoms with Gasteiger partial charge in [0, 0.05) is 18.2 Å². The van der Waals surface area contributed by atoms with E-state index < -0.39 is 0 Å². The van der Waals surface area contributed by atoms with E-state index in [2.05, 4.69) is 30.8 Å². The first-order valence-electron chi connectivity index (χ1n) is 8.04. The molecule has 1 N–H and O–H groups in total. The third-order valence-electron chi connectivity index (χ3n) is 3.79. The predicted octanol–water partition coefficient (Wildman–Crippen LogP) is 1.51. The van der Waals surface area contributed by atoms with E-state index in [1.54, 1.807) is 11.7 Å². The summed E-state index contributed by atoms with van der Waals surface area (Å²) in [7, 11) is 1.80. The van der Waals surface area contributed by atoms with E-state index in [1.165, 1.54) is 4.80 Å². The van der Waals surface area contributed by atoms with Crippen molar-refractivity contribution in [2.75, 3.05) is 5.32 Å². The lowest BCUT2D eigenvalue weighted by Crippen LogP contribution is -2.21. The number of amides is 1. The van der Waals surface area contributed by atoms with Crippen LogP contribution < -0.4 is 5.32 Å². The number of tetrazole rings is 1. The number of hydrogen-bond donors (Lipinski definition) is 1. The second-order valence-corrected chi connectivity index (χ2v) is 7.19. The Kier molecular flexibility index (Phi) is 4.02. The fourth-order valence-electron chi connectivity index (χ4n) is 2.59. The predicted molar refractivity (Wildman–Crippen MR) is 93.1 cm³/mol. The summed E-state index contributed by atoms with van der Waals surface area (Å²) in [6.07, 6.45) is 0. The van der Waals surface area contributed by atoms with Gasteiger partial charge in [0.15, 0.2) is 17.3 Å². The average Bonchev–Trinajstić information content (AvgIpc) is 3.04. The maximum Gasteiger partial charge on any atom is 0.249 e. The van der Waals surface area contributed by atoms with E-state index in [1.807, 2.05) is 40.7 Å². The Balaban J connectivity index is 1.82. The summed E-state index contributed by atoms with van der Waals surface area (Å²) in [4.78, 5) is 18.1. The molecule has 0 bridgehead atoms. The fourth-order valence-corrected chi connectivity index (χ4v) is 2.59. The quantitative estimate of drug-likeness (QED) is 0.774. The molecule has 3 rings (SSSR count). The summed E-state index contributed by atoms with van der Waals surface area (Å²) in [6.45, 7) is 9.86. The Labute approximate surface area is 145 Å². The van der Waals surface area contributed by atoms with E-state index in [-0.39, 0.29) is 17.9 Å². The number of aryl methyl sites for hydroxylation is 3. The molecular formula is C16H22N8O. The third kappa shape index (κ3) is 3.35. The third-order valence-corrected chi connectivity index (χ3v) is 3.79. The molecule has 0 aromatic carbocycles. The smallest absolute Gasteiger partial charge is 0.249 e. The molecule has 0 radical (unpaired) electrons. The second kappa shape index (κ2) is 5.91. The van der Waals surface area contributed by atoms with Gasteiger partial charge in [-0.1, -0.05) is 20.8 Å². The van der Waals surface area contributed by atoms with E-state index >= 15 is 0 Å². The number of nitrogens with zero attached hydrogens (tertiary/aromatic N) is 7. The SMILES string of the molecule is Cc1cc(C)c2c(NC(=O)Cn3nnc(C(C)(C)C)n3)nn(C)c2n1. The zero-order valence-corrected chi connectivity index (χ0v) is 15.3. The highest BCUT2D eigenvalue weighted by atomic mass is 16.2. The molecule has 25 heavy (non-hydrogen) atoms. The zero-order chi connectivity index (χ0) is 18.4. The van der Waals surface area contributed by atoms with Gasteiger partial charge in [-0.3, -0.25) is 4.79 Å². The number of pyridine rings is 1. The minimum absolute atomic E-state index is 0.0283. The van der Waals surface area contributed by atoms with Crippen LogP contribution in [-0.4, -0.2) is 40.9 Å². The summed E-state index contributed by atoms with van der Waals surface area (Å²) in [6, 6.07) is 1.97. The number of carbonyl (C=O) groups excluding carboxylic acids is 1. The highest BCUT2D eigenvalue weighted by Crippen LogP contribution is 2.25. The zero-order valence-electron chi connectivity index (χ0n) is 15.3. The number of fused-ring (bicyclic) bond motifs is 1. The number of hydrogen-bond acceptors (Lipinski definition) is 6. The van der Waals surface area contributed by atoms with Crippen molar-refractivity contribution in [3.63, 3.8) is 0 Å². The van der Waals surface area contributed by atoms with E-state index in [0.717, 1.165) is 22.3 Å². The maximum atomic E-state index is 12.4. The Hall–Kier alpha value is -2.84. The normalized spacial score (nSPS) is 11.9. The largest absolute Gasteiger partial charge is 0.307 e. The molecule has 9 heteroatoms. The molecule has 9 nitrogen and oxygen atoms in total. The molecule has 0 fully saturated rings. The maximum absolute atomic E-state index is 12.4. The standard InChI is InChI=1S/C16H22N8O/c1-9-7-10(2)17-14-12(9)13(20-23(14)6)18-11(25)8-24-21-15(19-22-24)16(3,4)5/h7H,8H2,1-6H3,(H,18,20,25). The lowest BCUT2D eigenvalue weighted by atomic mass is 9.96. The van der Waals surface area contributed by atoms with Crippen molar-refractivity contribution in [3.05, 3.63) is 23.1 Å². The fraction of sp³-hybridized carbons (Fsp3) is 0.500. The molecule has 0 spiro atoms. The first-order valence-corrected chi connectivity index (χ1v) is 8.04. The molecule has 0 saturated carbocycles. The van der Waals surface area contributed by atoms with Crippen molar-refractivity contribution in [3.8, 4) is 0 Å². The van der Waals surface area contributed by atoms with E-state index in [4.69, 9.17) is 0 Å². The monoisotopic (exact) mass is 342 g/mol. The van der Waals surface area contributed by atoms with Crippen molar-refractivity contribution in [2.45, 2.75) is 46.6 Å². The molecule has 3 heterocycles. The molecule has 3 aromatic rings. The van der Waals surface area contributed by atoms with Crippen molar-refractivity contribution >= 4 is 22.8 Å². The highest BCUT2D eigenvalue weighted by molar-refractivity contribution is 6.00. The molecule has 1 amide bonds. The van der Waals surface area contributed by atoms with Crippen LogP contribution >= 0.6 is 0 Å². The van der Waals surface area contributed by atoms with Crippen LogP contribution in [0.1, 0.15) is 37.9 Å². The van der Waals surface area contributed by atoms with Gasteiger partial charge in [-0.05, 0) is 30.7 Å². The number of carbonyl (C=O) groups is 1. The van der Waals surface area contributed by atoms with Gasteiger partial charge in [-0.2, -0.15) is 9.90 Å². The van der Waals surface area contributed by atoms with Gasteiger partial charge in [0.25, 0.3) is 0 Å². The van der Waals surface area contributed by atoms with Crippen LogP contribution in [0.2, 0.25) is 0 Å². The van der Waals surface area contributed by atoms with Crippen molar-refractivity contribution in [1.29, 1.82) is 0 Å². The van der Waals surface area contributed by atoms with Crippen LogP contribution in [-0.2, 0) is 23.8 Å². The molecule has 0 atom stereocenters. The molecular weight excluding hydrogens is 320 g/mol. The number of anilines is 1. The molecule has 0 saturated heterocycles. The molecule has 0 aliphatic rings. The van der Waals surface area contributed by atoms with E-state index in [0.29, 0.717) is 11.6 Å². The number of aromatic nitrogens is 7.